The Kier molecular flexibility index (Phi) is 6.41. The zero-order chi connectivity index (χ0) is 24.4. The fourth-order valence-electron chi connectivity index (χ4n) is 4.97. The monoisotopic (exact) mass is 471 g/mol. The average molecular weight is 472 g/mol. The maximum atomic E-state index is 14.3. The quantitative estimate of drug-likeness (QED) is 0.495. The summed E-state index contributed by atoms with van der Waals surface area (Å²) in [7, 11) is 0. The van der Waals surface area contributed by atoms with E-state index in [-0.39, 0.29) is 12.5 Å². The molecule has 0 aromatic heterocycles. The fraction of sp³-hybridized carbons (Fsp3) is 0.310. The van der Waals surface area contributed by atoms with E-state index in [0.717, 1.165) is 16.7 Å². The number of rotatable bonds is 5. The van der Waals surface area contributed by atoms with Crippen LogP contribution in [0.3, 0.4) is 0 Å². The van der Waals surface area contributed by atoms with Crippen molar-refractivity contribution in [3.05, 3.63) is 108 Å². The third-order valence-corrected chi connectivity index (χ3v) is 6.53. The van der Waals surface area contributed by atoms with E-state index < -0.39 is 36.0 Å². The predicted octanol–water partition coefficient (Wildman–Crippen LogP) is 5.46. The van der Waals surface area contributed by atoms with Crippen LogP contribution in [0.2, 0.25) is 0 Å². The van der Waals surface area contributed by atoms with E-state index in [2.05, 4.69) is 0 Å². The van der Waals surface area contributed by atoms with Gasteiger partial charge in [-0.25, -0.2) is 9.69 Å². The first kappa shape index (κ1) is 23.3. The van der Waals surface area contributed by atoms with Gasteiger partial charge in [0.15, 0.2) is 5.79 Å². The lowest BCUT2D eigenvalue weighted by molar-refractivity contribution is -0.322. The highest BCUT2D eigenvalue weighted by Crippen LogP contribution is 2.48. The van der Waals surface area contributed by atoms with Crippen molar-refractivity contribution in [2.45, 2.75) is 44.3 Å². The summed E-state index contributed by atoms with van der Waals surface area (Å²) in [6, 6.07) is 28.7. The minimum absolute atomic E-state index is 0.158. The zero-order valence-electron chi connectivity index (χ0n) is 19.9. The molecule has 2 aliphatic rings. The van der Waals surface area contributed by atoms with Crippen LogP contribution in [0.4, 0.5) is 4.79 Å². The largest absolute Gasteiger partial charge is 0.447 e. The lowest BCUT2D eigenvalue weighted by atomic mass is 9.84. The van der Waals surface area contributed by atoms with E-state index in [1.54, 1.807) is 0 Å². The molecule has 0 aliphatic carbocycles. The standard InChI is InChI=1S/C29H29NO5/c1-29(2)34-25(21-14-8-4-9-15-21)24(26(35-29)22-16-10-5-11-17-22)27(31)30-23(19-33-28(30)32)18-20-12-6-3-7-13-20/h3-17,23-26H,18-19H2,1-2H3/t23-,25+,26+/m0/s1. The molecule has 180 valence electrons. The Morgan fingerprint density at radius 2 is 1.31 bits per heavy atom. The second-order valence-corrected chi connectivity index (χ2v) is 9.45. The van der Waals surface area contributed by atoms with Gasteiger partial charge in [0.2, 0.25) is 5.91 Å². The van der Waals surface area contributed by atoms with E-state index in [1.807, 2.05) is 105 Å². The highest BCUT2D eigenvalue weighted by molar-refractivity contribution is 5.95. The molecule has 3 aromatic rings. The van der Waals surface area contributed by atoms with Gasteiger partial charge in [0.25, 0.3) is 0 Å². The number of benzene rings is 3. The van der Waals surface area contributed by atoms with E-state index in [4.69, 9.17) is 14.2 Å². The molecule has 0 spiro atoms. The van der Waals surface area contributed by atoms with Gasteiger partial charge in [-0.05, 0) is 37.0 Å². The maximum Gasteiger partial charge on any atom is 0.416 e. The van der Waals surface area contributed by atoms with Gasteiger partial charge in [0, 0.05) is 0 Å². The van der Waals surface area contributed by atoms with Crippen molar-refractivity contribution >= 4 is 12.0 Å². The third-order valence-electron chi connectivity index (χ3n) is 6.53. The summed E-state index contributed by atoms with van der Waals surface area (Å²) in [5.74, 6) is -2.07. The number of hydrogen-bond acceptors (Lipinski definition) is 5. The van der Waals surface area contributed by atoms with Gasteiger partial charge in [-0.3, -0.25) is 4.79 Å². The van der Waals surface area contributed by atoms with Crippen LogP contribution in [0, 0.1) is 5.92 Å². The highest BCUT2D eigenvalue weighted by atomic mass is 16.7. The topological polar surface area (TPSA) is 65.1 Å². The minimum Gasteiger partial charge on any atom is -0.447 e. The second kappa shape index (κ2) is 9.64. The number of hydrogen-bond donors (Lipinski definition) is 0. The predicted molar refractivity (Wildman–Crippen MR) is 130 cm³/mol. The molecule has 2 heterocycles. The number of nitrogens with zero attached hydrogens (tertiary/aromatic N) is 1. The van der Waals surface area contributed by atoms with Crippen LogP contribution in [0.15, 0.2) is 91.0 Å². The Bertz CT molecular complexity index is 1110. The van der Waals surface area contributed by atoms with Crippen molar-refractivity contribution in [1.29, 1.82) is 0 Å². The molecular formula is C29H29NO5. The van der Waals surface area contributed by atoms with Crippen molar-refractivity contribution in [3.63, 3.8) is 0 Å². The molecule has 6 heteroatoms. The lowest BCUT2D eigenvalue weighted by Crippen LogP contribution is -2.52. The number of carbonyl (C=O) groups excluding carboxylic acids is 2. The Labute approximate surface area is 205 Å². The van der Waals surface area contributed by atoms with Crippen molar-refractivity contribution < 1.29 is 23.8 Å². The van der Waals surface area contributed by atoms with Crippen molar-refractivity contribution in [2.75, 3.05) is 6.61 Å². The van der Waals surface area contributed by atoms with Crippen LogP contribution in [0.5, 0.6) is 0 Å². The van der Waals surface area contributed by atoms with Crippen molar-refractivity contribution in [2.24, 2.45) is 5.92 Å². The normalized spacial score (nSPS) is 25.8. The summed E-state index contributed by atoms with van der Waals surface area (Å²) in [6.45, 7) is 3.86. The molecule has 6 nitrogen and oxygen atoms in total. The summed E-state index contributed by atoms with van der Waals surface area (Å²) >= 11 is 0. The number of imide groups is 1. The fourth-order valence-corrected chi connectivity index (χ4v) is 4.97. The Morgan fingerprint density at radius 3 is 1.83 bits per heavy atom. The van der Waals surface area contributed by atoms with Crippen molar-refractivity contribution in [1.82, 2.24) is 4.90 Å². The van der Waals surface area contributed by atoms with Gasteiger partial charge in [-0.15, -0.1) is 0 Å². The Morgan fingerprint density at radius 1 is 0.829 bits per heavy atom. The molecule has 0 saturated carbocycles. The molecule has 2 saturated heterocycles. The smallest absolute Gasteiger partial charge is 0.416 e. The van der Waals surface area contributed by atoms with Crippen LogP contribution in [0.1, 0.15) is 42.7 Å². The molecule has 0 unspecified atom stereocenters. The molecule has 3 aromatic carbocycles. The lowest BCUT2D eigenvalue weighted by Gasteiger charge is -2.46. The van der Waals surface area contributed by atoms with Crippen LogP contribution >= 0.6 is 0 Å². The summed E-state index contributed by atoms with van der Waals surface area (Å²) in [4.78, 5) is 28.4. The van der Waals surface area contributed by atoms with Crippen LogP contribution in [-0.2, 0) is 25.4 Å². The van der Waals surface area contributed by atoms with Gasteiger partial charge >= 0.3 is 6.09 Å². The molecule has 0 radical (unpaired) electrons. The van der Waals surface area contributed by atoms with E-state index in [9.17, 15) is 9.59 Å². The molecule has 35 heavy (non-hydrogen) atoms. The van der Waals surface area contributed by atoms with E-state index in [0.29, 0.717) is 6.42 Å². The molecule has 0 bridgehead atoms. The summed E-state index contributed by atoms with van der Waals surface area (Å²) in [6.07, 6.45) is -1.32. The average Bonchev–Trinajstić information content (AvgIpc) is 3.24. The van der Waals surface area contributed by atoms with Gasteiger partial charge in [-0.2, -0.15) is 0 Å². The molecule has 2 amide bonds. The number of cyclic esters (lactones) is 1. The Hall–Kier alpha value is -3.48. The molecular weight excluding hydrogens is 442 g/mol. The second-order valence-electron chi connectivity index (χ2n) is 9.45. The zero-order valence-corrected chi connectivity index (χ0v) is 19.9. The first-order chi connectivity index (χ1) is 16.9. The summed E-state index contributed by atoms with van der Waals surface area (Å²) < 4.78 is 18.1. The molecule has 5 rings (SSSR count). The third kappa shape index (κ3) is 4.85. The van der Waals surface area contributed by atoms with E-state index >= 15 is 0 Å². The molecule has 2 aliphatic heterocycles. The van der Waals surface area contributed by atoms with Gasteiger partial charge < -0.3 is 14.2 Å². The van der Waals surface area contributed by atoms with Gasteiger partial charge in [0.1, 0.15) is 18.8 Å². The first-order valence-electron chi connectivity index (χ1n) is 11.9. The summed E-state index contributed by atoms with van der Waals surface area (Å²) in [5.41, 5.74) is 2.75. The number of amides is 2. The molecule has 2 fully saturated rings. The van der Waals surface area contributed by atoms with Crippen LogP contribution in [0.25, 0.3) is 0 Å². The summed E-state index contributed by atoms with van der Waals surface area (Å²) in [5, 5.41) is 0. The van der Waals surface area contributed by atoms with Crippen LogP contribution < -0.4 is 0 Å². The number of ether oxygens (including phenoxy) is 3. The van der Waals surface area contributed by atoms with Crippen LogP contribution in [-0.4, -0.2) is 35.3 Å². The SMILES string of the molecule is CC1(C)O[C@H](c2ccccc2)C(C(=O)N2C(=O)OC[C@@H]2Cc2ccccc2)[C@@H](c2ccccc2)O1. The minimum atomic E-state index is -0.938. The first-order valence-corrected chi connectivity index (χ1v) is 11.9. The molecule has 3 atom stereocenters. The van der Waals surface area contributed by atoms with E-state index in [1.165, 1.54) is 4.90 Å². The maximum absolute atomic E-state index is 14.3. The number of carbonyl (C=O) groups is 2. The molecule has 0 N–H and O–H groups in total. The van der Waals surface area contributed by atoms with Gasteiger partial charge in [0.05, 0.1) is 12.0 Å². The Balaban J connectivity index is 1.55. The van der Waals surface area contributed by atoms with Gasteiger partial charge in [-0.1, -0.05) is 91.0 Å². The van der Waals surface area contributed by atoms with Crippen molar-refractivity contribution in [3.8, 4) is 0 Å². The highest BCUT2D eigenvalue weighted by Gasteiger charge is 2.52.